The van der Waals surface area contributed by atoms with Crippen molar-refractivity contribution in [2.45, 2.75) is 37.1 Å². The molecule has 0 radical (unpaired) electrons. The van der Waals surface area contributed by atoms with Crippen LogP contribution in [0.15, 0.2) is 59.5 Å². The van der Waals surface area contributed by atoms with Crippen LogP contribution in [0, 0.1) is 5.92 Å². The van der Waals surface area contributed by atoms with Crippen molar-refractivity contribution in [3.05, 3.63) is 60.2 Å². The number of carbonyl (C=O) groups excluding carboxylic acids is 1. The van der Waals surface area contributed by atoms with Gasteiger partial charge in [-0.3, -0.25) is 9.69 Å². The fourth-order valence-corrected chi connectivity index (χ4v) is 5.74. The Hall–Kier alpha value is -2.22. The van der Waals surface area contributed by atoms with Gasteiger partial charge < -0.3 is 5.32 Å². The second-order valence-electron chi connectivity index (χ2n) is 8.16. The zero-order valence-corrected chi connectivity index (χ0v) is 18.0. The Morgan fingerprint density at radius 1 is 0.900 bits per heavy atom. The number of hydrogen-bond donors (Lipinski definition) is 1. The molecule has 2 saturated heterocycles. The molecule has 0 unspecified atom stereocenters. The van der Waals surface area contributed by atoms with Crippen LogP contribution in [0.3, 0.4) is 0 Å². The van der Waals surface area contributed by atoms with Crippen LogP contribution in [0.2, 0.25) is 0 Å². The first-order valence-corrected chi connectivity index (χ1v) is 12.1. The molecule has 0 saturated carbocycles. The molecule has 0 aromatic heterocycles. The summed E-state index contributed by atoms with van der Waals surface area (Å²) in [6.45, 7) is 3.90. The van der Waals surface area contributed by atoms with E-state index >= 15 is 0 Å². The Balaban J connectivity index is 1.29. The average Bonchev–Trinajstić information content (AvgIpc) is 3.31. The number of rotatable bonds is 6. The molecule has 4 rings (SSSR count). The maximum atomic E-state index is 12.7. The molecule has 1 amide bonds. The normalized spacial score (nSPS) is 19.1. The van der Waals surface area contributed by atoms with Crippen LogP contribution in [0.25, 0.3) is 0 Å². The van der Waals surface area contributed by atoms with E-state index in [9.17, 15) is 13.2 Å². The van der Waals surface area contributed by atoms with Crippen LogP contribution in [0.1, 0.15) is 31.2 Å². The number of nitrogens with one attached hydrogen (secondary N) is 1. The summed E-state index contributed by atoms with van der Waals surface area (Å²) in [5, 5.41) is 2.96. The Morgan fingerprint density at radius 3 is 2.17 bits per heavy atom. The molecule has 2 aromatic rings. The number of carbonyl (C=O) groups is 1. The topological polar surface area (TPSA) is 69.7 Å². The van der Waals surface area contributed by atoms with Crippen molar-refractivity contribution < 1.29 is 13.2 Å². The van der Waals surface area contributed by atoms with Crippen molar-refractivity contribution in [2.24, 2.45) is 5.92 Å². The molecule has 2 aliphatic rings. The van der Waals surface area contributed by atoms with Crippen molar-refractivity contribution in [3.63, 3.8) is 0 Å². The largest absolute Gasteiger partial charge is 0.326 e. The minimum absolute atomic E-state index is 0.00923. The molecular weight excluding hydrogens is 398 g/mol. The van der Waals surface area contributed by atoms with Gasteiger partial charge in [0, 0.05) is 31.2 Å². The quantitative estimate of drug-likeness (QED) is 0.768. The van der Waals surface area contributed by atoms with E-state index in [4.69, 9.17) is 0 Å². The minimum Gasteiger partial charge on any atom is -0.326 e. The van der Waals surface area contributed by atoms with Crippen molar-refractivity contribution in [3.8, 4) is 0 Å². The van der Waals surface area contributed by atoms with Gasteiger partial charge in [0.05, 0.1) is 4.90 Å². The highest BCUT2D eigenvalue weighted by molar-refractivity contribution is 7.89. The van der Waals surface area contributed by atoms with Gasteiger partial charge in [0.1, 0.15) is 0 Å². The molecule has 0 atom stereocenters. The molecule has 30 heavy (non-hydrogen) atoms. The van der Waals surface area contributed by atoms with E-state index in [1.807, 2.05) is 6.07 Å². The zero-order valence-electron chi connectivity index (χ0n) is 17.2. The lowest BCUT2D eigenvalue weighted by Gasteiger charge is -2.31. The maximum Gasteiger partial charge on any atom is 0.243 e. The first-order valence-electron chi connectivity index (χ1n) is 10.7. The summed E-state index contributed by atoms with van der Waals surface area (Å²) >= 11 is 0. The molecular formula is C23H29N3O3S. The lowest BCUT2D eigenvalue weighted by molar-refractivity contribution is -0.121. The van der Waals surface area contributed by atoms with E-state index in [2.05, 4.69) is 34.5 Å². The molecule has 0 bridgehead atoms. The van der Waals surface area contributed by atoms with Crippen LogP contribution in [-0.4, -0.2) is 49.7 Å². The minimum atomic E-state index is -3.42. The SMILES string of the molecule is O=C(Nc1ccc(S(=O)(=O)N2CCCC2)cc1)C1CCN(Cc2ccccc2)CC1. The third-order valence-electron chi connectivity index (χ3n) is 6.03. The number of sulfonamides is 1. The molecule has 2 aromatic carbocycles. The van der Waals surface area contributed by atoms with E-state index < -0.39 is 10.0 Å². The molecule has 7 heteroatoms. The average molecular weight is 428 g/mol. The van der Waals surface area contributed by atoms with Gasteiger partial charge in [0.15, 0.2) is 0 Å². The third kappa shape index (κ3) is 4.91. The van der Waals surface area contributed by atoms with Crippen LogP contribution in [0.5, 0.6) is 0 Å². The Kier molecular flexibility index (Phi) is 6.51. The van der Waals surface area contributed by atoms with E-state index in [1.54, 1.807) is 24.3 Å². The van der Waals surface area contributed by atoms with Gasteiger partial charge in [-0.25, -0.2) is 8.42 Å². The number of hydrogen-bond acceptors (Lipinski definition) is 4. The van der Waals surface area contributed by atoms with Crippen LogP contribution < -0.4 is 5.32 Å². The second kappa shape index (κ2) is 9.29. The van der Waals surface area contributed by atoms with E-state index in [1.165, 1.54) is 9.87 Å². The lowest BCUT2D eigenvalue weighted by atomic mass is 9.95. The highest BCUT2D eigenvalue weighted by Gasteiger charge is 2.28. The first-order chi connectivity index (χ1) is 14.5. The summed E-state index contributed by atoms with van der Waals surface area (Å²) in [4.78, 5) is 15.3. The summed E-state index contributed by atoms with van der Waals surface area (Å²) in [6.07, 6.45) is 3.50. The highest BCUT2D eigenvalue weighted by atomic mass is 32.2. The zero-order chi connectivity index (χ0) is 21.0. The van der Waals surface area contributed by atoms with Crippen LogP contribution in [-0.2, 0) is 21.4 Å². The molecule has 6 nitrogen and oxygen atoms in total. The summed E-state index contributed by atoms with van der Waals surface area (Å²) < 4.78 is 26.8. The van der Waals surface area contributed by atoms with E-state index in [0.717, 1.165) is 45.3 Å². The Morgan fingerprint density at radius 2 is 1.53 bits per heavy atom. The summed E-state index contributed by atoms with van der Waals surface area (Å²) in [5.74, 6) is 0.00884. The smallest absolute Gasteiger partial charge is 0.243 e. The number of likely N-dealkylation sites (tertiary alicyclic amines) is 1. The molecule has 160 valence electrons. The van der Waals surface area contributed by atoms with Gasteiger partial charge >= 0.3 is 0 Å². The second-order valence-corrected chi connectivity index (χ2v) is 10.1. The standard InChI is InChI=1S/C23H29N3O3S/c27-23(20-12-16-25(17-13-20)18-19-6-2-1-3-7-19)24-21-8-10-22(11-9-21)30(28,29)26-14-4-5-15-26/h1-3,6-11,20H,4-5,12-18H2,(H,24,27). The highest BCUT2D eigenvalue weighted by Crippen LogP contribution is 2.24. The fraction of sp³-hybridized carbons (Fsp3) is 0.435. The number of piperidine rings is 1. The summed E-state index contributed by atoms with van der Waals surface area (Å²) in [5.41, 5.74) is 1.94. The van der Waals surface area contributed by atoms with Crippen molar-refractivity contribution in [2.75, 3.05) is 31.5 Å². The van der Waals surface area contributed by atoms with E-state index in [-0.39, 0.29) is 16.7 Å². The molecule has 2 heterocycles. The monoisotopic (exact) mass is 427 g/mol. The molecule has 0 spiro atoms. The number of benzene rings is 2. The lowest BCUT2D eigenvalue weighted by Crippen LogP contribution is -2.37. The summed E-state index contributed by atoms with van der Waals surface area (Å²) in [7, 11) is -3.42. The van der Waals surface area contributed by atoms with E-state index in [0.29, 0.717) is 18.8 Å². The molecule has 0 aliphatic carbocycles. The molecule has 2 aliphatic heterocycles. The van der Waals surface area contributed by atoms with Gasteiger partial charge in [-0.2, -0.15) is 4.31 Å². The molecule has 2 fully saturated rings. The maximum absolute atomic E-state index is 12.7. The Bertz CT molecular complexity index is 947. The Labute approximate surface area is 178 Å². The predicted octanol–water partition coefficient (Wildman–Crippen LogP) is 3.32. The van der Waals surface area contributed by atoms with Crippen molar-refractivity contribution in [1.82, 2.24) is 9.21 Å². The fourth-order valence-electron chi connectivity index (χ4n) is 4.23. The third-order valence-corrected chi connectivity index (χ3v) is 7.94. The van der Waals surface area contributed by atoms with Gasteiger partial charge in [-0.1, -0.05) is 30.3 Å². The van der Waals surface area contributed by atoms with Crippen molar-refractivity contribution in [1.29, 1.82) is 0 Å². The van der Waals surface area contributed by atoms with Gasteiger partial charge in [-0.15, -0.1) is 0 Å². The van der Waals surface area contributed by atoms with Gasteiger partial charge in [0.2, 0.25) is 15.9 Å². The van der Waals surface area contributed by atoms with Crippen LogP contribution in [0.4, 0.5) is 5.69 Å². The predicted molar refractivity (Wildman–Crippen MR) is 118 cm³/mol. The van der Waals surface area contributed by atoms with Gasteiger partial charge in [0.25, 0.3) is 0 Å². The van der Waals surface area contributed by atoms with Crippen molar-refractivity contribution >= 4 is 21.6 Å². The van der Waals surface area contributed by atoms with Gasteiger partial charge in [-0.05, 0) is 68.6 Å². The first kappa shape index (κ1) is 21.0. The number of anilines is 1. The summed E-state index contributed by atoms with van der Waals surface area (Å²) in [6, 6.07) is 16.9. The number of nitrogens with zero attached hydrogens (tertiary/aromatic N) is 2. The van der Waals surface area contributed by atoms with Crippen LogP contribution >= 0.6 is 0 Å². The molecule has 1 N–H and O–H groups in total. The number of amides is 1.